The molecule has 0 radical (unpaired) electrons. The minimum absolute atomic E-state index is 0.00461. The highest BCUT2D eigenvalue weighted by molar-refractivity contribution is 5.89. The third-order valence-corrected chi connectivity index (χ3v) is 4.80. The number of aromatic carboxylic acids is 1. The zero-order valence-corrected chi connectivity index (χ0v) is 14.8. The summed E-state index contributed by atoms with van der Waals surface area (Å²) in [6.45, 7) is 1.75. The number of methoxy groups -OCH3 is 1. The normalized spacial score (nSPS) is 15.6. The number of nitrogens with one attached hydrogen (secondary N) is 1. The van der Waals surface area contributed by atoms with E-state index in [0.29, 0.717) is 22.6 Å². The number of carboxylic acids is 1. The molecule has 0 aliphatic heterocycles. The van der Waals surface area contributed by atoms with Crippen LogP contribution in [0.2, 0.25) is 0 Å². The van der Waals surface area contributed by atoms with Crippen molar-refractivity contribution in [2.75, 3.05) is 7.11 Å². The lowest BCUT2D eigenvalue weighted by Gasteiger charge is -2.17. The smallest absolute Gasteiger partial charge is 0.375 e. The van der Waals surface area contributed by atoms with Crippen LogP contribution in [-0.4, -0.2) is 29.2 Å². The fourth-order valence-corrected chi connectivity index (χ4v) is 3.40. The summed E-state index contributed by atoms with van der Waals surface area (Å²) in [5.41, 5.74) is 1.47. The van der Waals surface area contributed by atoms with E-state index in [2.05, 4.69) is 10.5 Å². The Morgan fingerprint density at radius 2 is 1.92 bits per heavy atom. The van der Waals surface area contributed by atoms with E-state index in [0.717, 1.165) is 25.7 Å². The molecule has 1 saturated carbocycles. The standard InChI is InChI=1S/C19H22N2O5/c1-11(20-18(22)13-5-3-4-6-13)15-16(21-26-17(15)19(23)24)12-7-9-14(25-2)10-8-12/h7-11,13H,3-6H2,1-2H3,(H,20,22)(H,23,24)/t11-/m1/s1. The first kappa shape index (κ1) is 18.0. The molecule has 2 N–H and O–H groups in total. The predicted molar refractivity (Wildman–Crippen MR) is 94.0 cm³/mol. The van der Waals surface area contributed by atoms with Crippen LogP contribution in [0.25, 0.3) is 11.3 Å². The van der Waals surface area contributed by atoms with Crippen molar-refractivity contribution in [3.8, 4) is 17.0 Å². The zero-order valence-electron chi connectivity index (χ0n) is 14.8. The van der Waals surface area contributed by atoms with Gasteiger partial charge in [0.05, 0.1) is 18.7 Å². The molecule has 0 bridgehead atoms. The van der Waals surface area contributed by atoms with E-state index in [4.69, 9.17) is 9.26 Å². The summed E-state index contributed by atoms with van der Waals surface area (Å²) in [5, 5.41) is 16.3. The molecule has 2 aromatic rings. The molecule has 3 rings (SSSR count). The van der Waals surface area contributed by atoms with Crippen molar-refractivity contribution < 1.29 is 24.0 Å². The van der Waals surface area contributed by atoms with Crippen LogP contribution in [-0.2, 0) is 4.79 Å². The van der Waals surface area contributed by atoms with Gasteiger partial charge in [0.15, 0.2) is 0 Å². The molecule has 1 aromatic heterocycles. The summed E-state index contributed by atoms with van der Waals surface area (Å²) in [4.78, 5) is 24.0. The molecule has 1 heterocycles. The maximum absolute atomic E-state index is 12.4. The number of carboxylic acid groups (broad SMARTS) is 1. The van der Waals surface area contributed by atoms with Crippen LogP contribution in [0.5, 0.6) is 5.75 Å². The van der Waals surface area contributed by atoms with Gasteiger partial charge in [-0.25, -0.2) is 4.79 Å². The highest BCUT2D eigenvalue weighted by Crippen LogP contribution is 2.32. The molecule has 1 aromatic carbocycles. The molecule has 0 saturated heterocycles. The maximum Gasteiger partial charge on any atom is 0.375 e. The number of hydrogen-bond donors (Lipinski definition) is 2. The van der Waals surface area contributed by atoms with Crippen LogP contribution in [0.15, 0.2) is 28.8 Å². The molecular formula is C19H22N2O5. The minimum atomic E-state index is -1.21. The number of carbonyl (C=O) groups is 2. The summed E-state index contributed by atoms with van der Waals surface area (Å²) >= 11 is 0. The first-order valence-corrected chi connectivity index (χ1v) is 8.69. The Labute approximate surface area is 151 Å². The summed E-state index contributed by atoms with van der Waals surface area (Å²) in [6, 6.07) is 6.54. The van der Waals surface area contributed by atoms with Crippen molar-refractivity contribution in [3.05, 3.63) is 35.6 Å². The van der Waals surface area contributed by atoms with Gasteiger partial charge in [-0.1, -0.05) is 18.0 Å². The molecule has 7 heteroatoms. The van der Waals surface area contributed by atoms with E-state index in [9.17, 15) is 14.7 Å². The van der Waals surface area contributed by atoms with E-state index in [1.807, 2.05) is 0 Å². The van der Waals surface area contributed by atoms with Gasteiger partial charge in [0, 0.05) is 11.5 Å². The third-order valence-electron chi connectivity index (χ3n) is 4.80. The molecule has 26 heavy (non-hydrogen) atoms. The quantitative estimate of drug-likeness (QED) is 0.820. The molecule has 0 spiro atoms. The lowest BCUT2D eigenvalue weighted by Crippen LogP contribution is -2.32. The number of carbonyl (C=O) groups excluding carboxylic acids is 1. The number of aromatic nitrogens is 1. The SMILES string of the molecule is COc1ccc(-c2noc(C(=O)O)c2[C@@H](C)NC(=O)C2CCCC2)cc1. The number of benzene rings is 1. The van der Waals surface area contributed by atoms with Crippen LogP contribution < -0.4 is 10.1 Å². The second kappa shape index (κ2) is 7.59. The van der Waals surface area contributed by atoms with Crippen LogP contribution in [0.1, 0.15) is 54.8 Å². The Bertz CT molecular complexity index is 791. The third kappa shape index (κ3) is 3.56. The monoisotopic (exact) mass is 358 g/mol. The van der Waals surface area contributed by atoms with E-state index in [-0.39, 0.29) is 17.6 Å². The van der Waals surface area contributed by atoms with Gasteiger partial charge in [0.1, 0.15) is 11.4 Å². The van der Waals surface area contributed by atoms with Gasteiger partial charge in [-0.2, -0.15) is 0 Å². The van der Waals surface area contributed by atoms with Gasteiger partial charge < -0.3 is 19.7 Å². The van der Waals surface area contributed by atoms with Crippen LogP contribution in [0.4, 0.5) is 0 Å². The van der Waals surface area contributed by atoms with E-state index in [1.54, 1.807) is 38.3 Å². The van der Waals surface area contributed by atoms with Gasteiger partial charge in [-0.3, -0.25) is 4.79 Å². The molecule has 0 unspecified atom stereocenters. The van der Waals surface area contributed by atoms with Crippen molar-refractivity contribution in [2.45, 2.75) is 38.6 Å². The van der Waals surface area contributed by atoms with E-state index < -0.39 is 12.0 Å². The highest BCUT2D eigenvalue weighted by Gasteiger charge is 2.30. The van der Waals surface area contributed by atoms with Gasteiger partial charge in [0.25, 0.3) is 0 Å². The topological polar surface area (TPSA) is 102 Å². The maximum atomic E-state index is 12.4. The summed E-state index contributed by atoms with van der Waals surface area (Å²) < 4.78 is 10.2. The fraction of sp³-hybridized carbons (Fsp3) is 0.421. The molecular weight excluding hydrogens is 336 g/mol. The van der Waals surface area contributed by atoms with Crippen molar-refractivity contribution in [1.29, 1.82) is 0 Å². The second-order valence-corrected chi connectivity index (χ2v) is 6.52. The molecule has 7 nitrogen and oxygen atoms in total. The molecule has 1 amide bonds. The summed E-state index contributed by atoms with van der Waals surface area (Å²) in [7, 11) is 1.57. The lowest BCUT2D eigenvalue weighted by molar-refractivity contribution is -0.125. The number of rotatable bonds is 6. The van der Waals surface area contributed by atoms with Crippen molar-refractivity contribution in [2.24, 2.45) is 5.92 Å². The van der Waals surface area contributed by atoms with Crippen LogP contribution >= 0.6 is 0 Å². The largest absolute Gasteiger partial charge is 0.497 e. The molecule has 1 atom stereocenters. The highest BCUT2D eigenvalue weighted by atomic mass is 16.5. The molecule has 1 aliphatic rings. The summed E-state index contributed by atoms with van der Waals surface area (Å²) in [5.74, 6) is -0.840. The van der Waals surface area contributed by atoms with Gasteiger partial charge in [-0.05, 0) is 44.0 Å². The number of amides is 1. The zero-order chi connectivity index (χ0) is 18.7. The van der Waals surface area contributed by atoms with Crippen molar-refractivity contribution in [3.63, 3.8) is 0 Å². The van der Waals surface area contributed by atoms with Gasteiger partial charge >= 0.3 is 5.97 Å². The Morgan fingerprint density at radius 3 is 2.50 bits per heavy atom. The second-order valence-electron chi connectivity index (χ2n) is 6.52. The Morgan fingerprint density at radius 1 is 1.27 bits per heavy atom. The Kier molecular flexibility index (Phi) is 5.25. The molecule has 138 valence electrons. The van der Waals surface area contributed by atoms with E-state index >= 15 is 0 Å². The van der Waals surface area contributed by atoms with Crippen molar-refractivity contribution in [1.82, 2.24) is 10.5 Å². The Hall–Kier alpha value is -2.83. The lowest BCUT2D eigenvalue weighted by atomic mass is 9.99. The Balaban J connectivity index is 1.91. The number of ether oxygens (including phenoxy) is 1. The van der Waals surface area contributed by atoms with Gasteiger partial charge in [0.2, 0.25) is 11.7 Å². The molecule has 1 aliphatic carbocycles. The van der Waals surface area contributed by atoms with Gasteiger partial charge in [-0.15, -0.1) is 0 Å². The number of hydrogen-bond acceptors (Lipinski definition) is 5. The average molecular weight is 358 g/mol. The first-order chi connectivity index (χ1) is 12.5. The fourth-order valence-electron chi connectivity index (χ4n) is 3.40. The average Bonchev–Trinajstić information content (AvgIpc) is 3.31. The predicted octanol–water partition coefficient (Wildman–Crippen LogP) is 3.42. The number of nitrogens with zero attached hydrogens (tertiary/aromatic N) is 1. The molecule has 1 fully saturated rings. The van der Waals surface area contributed by atoms with Crippen molar-refractivity contribution >= 4 is 11.9 Å². The van der Waals surface area contributed by atoms with Crippen LogP contribution in [0, 0.1) is 5.92 Å². The first-order valence-electron chi connectivity index (χ1n) is 8.69. The van der Waals surface area contributed by atoms with Crippen LogP contribution in [0.3, 0.4) is 0 Å². The minimum Gasteiger partial charge on any atom is -0.497 e. The van der Waals surface area contributed by atoms with E-state index in [1.165, 1.54) is 0 Å². The summed E-state index contributed by atoms with van der Waals surface area (Å²) in [6.07, 6.45) is 3.85.